The molecule has 0 atom stereocenters. The Balaban J connectivity index is 0.00000312. The van der Waals surface area contributed by atoms with Gasteiger partial charge in [-0.2, -0.15) is 17.5 Å². The standard InChI is InChI=1S/C14H17F3N2O4S.ClH/c1-23-13(20)11-4-3-10(9-12(11)14(15,16)17)24(21,22)19-7-2-5-18-6-8-19;/h3-4,9,18H,2,5-8H2,1H3;1H. The molecule has 0 bridgehead atoms. The molecule has 0 amide bonds. The summed E-state index contributed by atoms with van der Waals surface area (Å²) in [6.45, 7) is 1.45. The zero-order chi connectivity index (χ0) is 18.0. The summed E-state index contributed by atoms with van der Waals surface area (Å²) < 4.78 is 70.2. The maximum atomic E-state index is 13.2. The quantitative estimate of drug-likeness (QED) is 0.781. The molecule has 11 heteroatoms. The van der Waals surface area contributed by atoms with Crippen LogP contribution in [-0.2, 0) is 20.9 Å². The smallest absolute Gasteiger partial charge is 0.417 e. The van der Waals surface area contributed by atoms with Crippen LogP contribution in [-0.4, -0.2) is 52.0 Å². The number of benzene rings is 1. The molecule has 0 aromatic heterocycles. The number of halogens is 4. The van der Waals surface area contributed by atoms with Crippen LogP contribution in [0.25, 0.3) is 0 Å². The lowest BCUT2D eigenvalue weighted by Crippen LogP contribution is -2.34. The summed E-state index contributed by atoms with van der Waals surface area (Å²) in [6.07, 6.45) is -4.32. The number of nitrogens with zero attached hydrogens (tertiary/aromatic N) is 1. The molecule has 2 rings (SSSR count). The maximum absolute atomic E-state index is 13.2. The molecule has 0 saturated carbocycles. The van der Waals surface area contributed by atoms with Crippen molar-refractivity contribution in [3.05, 3.63) is 29.3 Å². The number of methoxy groups -OCH3 is 1. The zero-order valence-corrected chi connectivity index (χ0v) is 14.9. The molecule has 142 valence electrons. The van der Waals surface area contributed by atoms with Crippen molar-refractivity contribution in [3.63, 3.8) is 0 Å². The fourth-order valence-electron chi connectivity index (χ4n) is 2.42. The average molecular weight is 403 g/mol. The summed E-state index contributed by atoms with van der Waals surface area (Å²) >= 11 is 0. The highest BCUT2D eigenvalue weighted by molar-refractivity contribution is 7.89. The predicted molar refractivity (Wildman–Crippen MR) is 86.3 cm³/mol. The maximum Gasteiger partial charge on any atom is 0.417 e. The Labute approximate surface area is 149 Å². The van der Waals surface area contributed by atoms with Gasteiger partial charge in [-0.3, -0.25) is 0 Å². The van der Waals surface area contributed by atoms with Crippen LogP contribution in [0.15, 0.2) is 23.1 Å². The van der Waals surface area contributed by atoms with E-state index in [1.54, 1.807) is 0 Å². The molecule has 1 N–H and O–H groups in total. The minimum absolute atomic E-state index is 0. The van der Waals surface area contributed by atoms with Crippen molar-refractivity contribution in [1.82, 2.24) is 9.62 Å². The molecule has 0 aliphatic carbocycles. The van der Waals surface area contributed by atoms with Gasteiger partial charge in [-0.15, -0.1) is 12.4 Å². The van der Waals surface area contributed by atoms with Crippen molar-refractivity contribution < 1.29 is 31.1 Å². The monoisotopic (exact) mass is 402 g/mol. The second-order valence-corrected chi connectivity index (χ2v) is 7.14. The summed E-state index contributed by atoms with van der Waals surface area (Å²) in [7, 11) is -3.12. The number of ether oxygens (including phenoxy) is 1. The molecule has 25 heavy (non-hydrogen) atoms. The molecule has 0 unspecified atom stereocenters. The molecule has 0 spiro atoms. The van der Waals surface area contributed by atoms with Gasteiger partial charge in [0.1, 0.15) is 0 Å². The van der Waals surface area contributed by atoms with Crippen molar-refractivity contribution in [2.24, 2.45) is 0 Å². The minimum Gasteiger partial charge on any atom is -0.465 e. The zero-order valence-electron chi connectivity index (χ0n) is 13.3. The summed E-state index contributed by atoms with van der Waals surface area (Å²) in [5.41, 5.74) is -2.05. The second-order valence-electron chi connectivity index (χ2n) is 5.20. The first kappa shape index (κ1) is 21.7. The van der Waals surface area contributed by atoms with Crippen molar-refractivity contribution in [1.29, 1.82) is 0 Å². The SMILES string of the molecule is COC(=O)c1ccc(S(=O)(=O)N2CCCNCC2)cc1C(F)(F)F.Cl. The van der Waals surface area contributed by atoms with Crippen molar-refractivity contribution in [2.45, 2.75) is 17.5 Å². The third-order valence-electron chi connectivity index (χ3n) is 3.64. The summed E-state index contributed by atoms with van der Waals surface area (Å²) in [4.78, 5) is 11.0. The highest BCUT2D eigenvalue weighted by Crippen LogP contribution is 2.34. The van der Waals surface area contributed by atoms with Crippen LogP contribution in [0.3, 0.4) is 0 Å². The lowest BCUT2D eigenvalue weighted by atomic mass is 10.1. The van der Waals surface area contributed by atoms with Gasteiger partial charge < -0.3 is 10.1 Å². The number of hydrogen-bond acceptors (Lipinski definition) is 5. The summed E-state index contributed by atoms with van der Waals surface area (Å²) in [5.74, 6) is -1.18. The van der Waals surface area contributed by atoms with Crippen molar-refractivity contribution >= 4 is 28.4 Å². The van der Waals surface area contributed by atoms with Crippen molar-refractivity contribution in [2.75, 3.05) is 33.3 Å². The van der Waals surface area contributed by atoms with E-state index in [2.05, 4.69) is 10.1 Å². The van der Waals surface area contributed by atoms with Gasteiger partial charge in [0.05, 0.1) is 23.1 Å². The Kier molecular flexibility index (Phi) is 7.24. The fourth-order valence-corrected chi connectivity index (χ4v) is 3.92. The second kappa shape index (κ2) is 8.35. The third-order valence-corrected chi connectivity index (χ3v) is 5.53. The number of esters is 1. The Bertz CT molecular complexity index is 717. The van der Waals surface area contributed by atoms with E-state index in [0.29, 0.717) is 25.6 Å². The lowest BCUT2D eigenvalue weighted by Gasteiger charge is -2.21. The van der Waals surface area contributed by atoms with E-state index >= 15 is 0 Å². The minimum atomic E-state index is -4.88. The highest BCUT2D eigenvalue weighted by Gasteiger charge is 2.37. The number of rotatable bonds is 3. The first-order valence-corrected chi connectivity index (χ1v) is 8.62. The molecule has 1 aliphatic heterocycles. The normalized spacial score (nSPS) is 16.6. The molecule has 6 nitrogen and oxygen atoms in total. The molecule has 1 aliphatic rings. The molecule has 1 aromatic rings. The highest BCUT2D eigenvalue weighted by atomic mass is 35.5. The van der Waals surface area contributed by atoms with Crippen molar-refractivity contribution in [3.8, 4) is 0 Å². The molecule has 0 radical (unpaired) electrons. The number of alkyl halides is 3. The van der Waals surface area contributed by atoms with Crippen LogP contribution >= 0.6 is 12.4 Å². The third kappa shape index (κ3) is 4.84. The number of sulfonamides is 1. The van der Waals surface area contributed by atoms with Gasteiger partial charge in [0.15, 0.2) is 0 Å². The van der Waals surface area contributed by atoms with E-state index in [1.807, 2.05) is 0 Å². The van der Waals surface area contributed by atoms with Crippen LogP contribution in [0, 0.1) is 0 Å². The number of nitrogens with one attached hydrogen (secondary N) is 1. The van der Waals surface area contributed by atoms with Crippen LogP contribution in [0.5, 0.6) is 0 Å². The van der Waals surface area contributed by atoms with E-state index in [9.17, 15) is 26.4 Å². The lowest BCUT2D eigenvalue weighted by molar-refractivity contribution is -0.138. The Morgan fingerprint density at radius 3 is 2.52 bits per heavy atom. The van der Waals surface area contributed by atoms with Gasteiger partial charge in [-0.25, -0.2) is 13.2 Å². The van der Waals surface area contributed by atoms with Gasteiger partial charge in [-0.05, 0) is 31.2 Å². The molecular weight excluding hydrogens is 385 g/mol. The van der Waals surface area contributed by atoms with E-state index < -0.39 is 38.2 Å². The van der Waals surface area contributed by atoms with Gasteiger partial charge >= 0.3 is 12.1 Å². The number of hydrogen-bond donors (Lipinski definition) is 1. The van der Waals surface area contributed by atoms with Crippen LogP contribution in [0.1, 0.15) is 22.3 Å². The number of carbonyl (C=O) groups is 1. The first-order chi connectivity index (χ1) is 11.2. The van der Waals surface area contributed by atoms with Gasteiger partial charge in [-0.1, -0.05) is 0 Å². The Morgan fingerprint density at radius 1 is 1.24 bits per heavy atom. The Hall–Kier alpha value is -1.36. The fraction of sp³-hybridized carbons (Fsp3) is 0.500. The van der Waals surface area contributed by atoms with Gasteiger partial charge in [0.2, 0.25) is 10.0 Å². The molecule has 1 aromatic carbocycles. The Morgan fingerprint density at radius 2 is 1.92 bits per heavy atom. The summed E-state index contributed by atoms with van der Waals surface area (Å²) in [5, 5.41) is 3.02. The van der Waals surface area contributed by atoms with Gasteiger partial charge in [0.25, 0.3) is 0 Å². The van der Waals surface area contributed by atoms with Crippen LogP contribution in [0.4, 0.5) is 13.2 Å². The molecule has 1 heterocycles. The topological polar surface area (TPSA) is 75.7 Å². The average Bonchev–Trinajstić information content (AvgIpc) is 2.82. The van der Waals surface area contributed by atoms with E-state index in [-0.39, 0.29) is 25.5 Å². The first-order valence-electron chi connectivity index (χ1n) is 7.18. The summed E-state index contributed by atoms with van der Waals surface area (Å²) in [6, 6.07) is 2.31. The van der Waals surface area contributed by atoms with Gasteiger partial charge in [0, 0.05) is 19.6 Å². The molecule has 1 fully saturated rings. The largest absolute Gasteiger partial charge is 0.465 e. The van der Waals surface area contributed by atoms with Crippen LogP contribution in [0.2, 0.25) is 0 Å². The molecule has 1 saturated heterocycles. The molecular formula is C14H18ClF3N2O4S. The van der Waals surface area contributed by atoms with E-state index in [0.717, 1.165) is 23.5 Å². The van der Waals surface area contributed by atoms with E-state index in [1.165, 1.54) is 0 Å². The van der Waals surface area contributed by atoms with E-state index in [4.69, 9.17) is 0 Å². The number of carbonyl (C=O) groups excluding carboxylic acids is 1. The van der Waals surface area contributed by atoms with Crippen LogP contribution < -0.4 is 5.32 Å². The predicted octanol–water partition coefficient (Wildman–Crippen LogP) is 1.90.